The Balaban J connectivity index is 1.46. The molecule has 4 rings (SSSR count). The average Bonchev–Trinajstić information content (AvgIpc) is 3.37. The van der Waals surface area contributed by atoms with Gasteiger partial charge in [-0.2, -0.15) is 13.2 Å². The average molecular weight is 431 g/mol. The lowest BCUT2D eigenvalue weighted by Crippen LogP contribution is -2.59. The highest BCUT2D eigenvalue weighted by molar-refractivity contribution is 6.22. The summed E-state index contributed by atoms with van der Waals surface area (Å²) in [5, 5.41) is 2.52. The third kappa shape index (κ3) is 4.34. The summed E-state index contributed by atoms with van der Waals surface area (Å²) in [4.78, 5) is 38.6. The Morgan fingerprint density at radius 1 is 1.03 bits per heavy atom. The van der Waals surface area contributed by atoms with Crippen molar-refractivity contribution in [1.82, 2.24) is 5.32 Å². The molecule has 2 saturated heterocycles. The summed E-state index contributed by atoms with van der Waals surface area (Å²) >= 11 is 0. The number of fused-ring (bicyclic) bond motifs is 2. The van der Waals surface area contributed by atoms with E-state index in [9.17, 15) is 27.6 Å². The van der Waals surface area contributed by atoms with Crippen molar-refractivity contribution in [2.24, 2.45) is 23.7 Å². The van der Waals surface area contributed by atoms with Gasteiger partial charge in [-0.3, -0.25) is 14.4 Å². The third-order valence-corrected chi connectivity index (χ3v) is 7.14. The Morgan fingerprint density at radius 3 is 2.33 bits per heavy atom. The van der Waals surface area contributed by atoms with Gasteiger partial charge in [-0.25, -0.2) is 0 Å². The molecule has 30 heavy (non-hydrogen) atoms. The van der Waals surface area contributed by atoms with E-state index in [1.807, 2.05) is 0 Å². The van der Waals surface area contributed by atoms with E-state index in [0.29, 0.717) is 25.9 Å². The summed E-state index contributed by atoms with van der Waals surface area (Å²) in [6.07, 6.45) is -1.30. The summed E-state index contributed by atoms with van der Waals surface area (Å²) in [6, 6.07) is -2.62. The third-order valence-electron chi connectivity index (χ3n) is 7.14. The van der Waals surface area contributed by atoms with Gasteiger partial charge in [-0.1, -0.05) is 0 Å². The Hall–Kier alpha value is -1.32. The van der Waals surface area contributed by atoms with Gasteiger partial charge in [0.25, 0.3) is 0 Å². The van der Waals surface area contributed by atoms with Crippen molar-refractivity contribution >= 4 is 17.3 Å². The number of ketones is 3. The highest BCUT2D eigenvalue weighted by atomic mass is 19.4. The molecule has 9 heteroatoms. The molecular weight excluding hydrogens is 403 g/mol. The van der Waals surface area contributed by atoms with E-state index < -0.39 is 35.9 Å². The normalized spacial score (nSPS) is 39.5. The molecule has 6 nitrogen and oxygen atoms in total. The second kappa shape index (κ2) is 8.67. The van der Waals surface area contributed by atoms with Crippen LogP contribution in [0.4, 0.5) is 13.2 Å². The van der Waals surface area contributed by atoms with Gasteiger partial charge in [-0.05, 0) is 44.9 Å². The lowest BCUT2D eigenvalue weighted by Gasteiger charge is -2.39. The highest BCUT2D eigenvalue weighted by Gasteiger charge is 2.53. The van der Waals surface area contributed by atoms with E-state index in [0.717, 1.165) is 12.8 Å². The maximum atomic E-state index is 13.3. The lowest BCUT2D eigenvalue weighted by atomic mass is 9.71. The predicted octanol–water partition coefficient (Wildman–Crippen LogP) is 2.23. The number of piperidine rings is 1. The van der Waals surface area contributed by atoms with Crippen molar-refractivity contribution in [3.8, 4) is 0 Å². The van der Waals surface area contributed by atoms with E-state index >= 15 is 0 Å². The van der Waals surface area contributed by atoms with Crippen LogP contribution < -0.4 is 5.32 Å². The molecule has 0 aromatic rings. The van der Waals surface area contributed by atoms with Crippen LogP contribution in [0.2, 0.25) is 0 Å². The maximum Gasteiger partial charge on any atom is 0.403 e. The quantitative estimate of drug-likeness (QED) is 0.650. The van der Waals surface area contributed by atoms with Crippen LogP contribution in [0, 0.1) is 23.7 Å². The molecule has 0 radical (unpaired) electrons. The molecule has 0 aromatic heterocycles. The maximum absolute atomic E-state index is 13.3. The SMILES string of the molecule is O=C1C2CCC(C2)C(=O)C1C(=O)C1CCC(C(F)(F)F)NC1COCC1CCCO1. The zero-order chi connectivity index (χ0) is 21.5. The predicted molar refractivity (Wildman–Crippen MR) is 98.6 cm³/mol. The first-order chi connectivity index (χ1) is 14.3. The Labute approximate surface area is 173 Å². The topological polar surface area (TPSA) is 81.7 Å². The fourth-order valence-electron chi connectivity index (χ4n) is 5.47. The van der Waals surface area contributed by atoms with Crippen molar-refractivity contribution < 1.29 is 37.0 Å². The van der Waals surface area contributed by atoms with Gasteiger partial charge < -0.3 is 14.8 Å². The number of rotatable bonds is 6. The first kappa shape index (κ1) is 21.9. The molecule has 4 aliphatic rings. The molecular formula is C21H28F3NO5. The number of ether oxygens (including phenoxy) is 2. The molecule has 0 spiro atoms. The minimum atomic E-state index is -4.43. The van der Waals surface area contributed by atoms with Crippen molar-refractivity contribution in [1.29, 1.82) is 0 Å². The number of hydrogen-bond acceptors (Lipinski definition) is 6. The Morgan fingerprint density at radius 2 is 1.73 bits per heavy atom. The zero-order valence-electron chi connectivity index (χ0n) is 16.8. The number of carbonyl (C=O) groups excluding carboxylic acids is 3. The summed E-state index contributed by atoms with van der Waals surface area (Å²) in [6.45, 7) is 0.799. The van der Waals surface area contributed by atoms with Gasteiger partial charge in [0, 0.05) is 30.4 Å². The standard InChI is InChI=1S/C21H28F3NO5/c22-21(23,24)16-6-5-14(15(25-16)10-29-9-13-2-1-7-30-13)20(28)17-18(26)11-3-4-12(8-11)19(17)27/h11-17,25H,1-10H2. The molecule has 0 amide bonds. The first-order valence-corrected chi connectivity index (χ1v) is 10.9. The van der Waals surface area contributed by atoms with Gasteiger partial charge in [0.1, 0.15) is 12.0 Å². The minimum Gasteiger partial charge on any atom is -0.377 e. The van der Waals surface area contributed by atoms with E-state index in [-0.39, 0.29) is 55.6 Å². The molecule has 2 saturated carbocycles. The number of alkyl halides is 3. The van der Waals surface area contributed by atoms with Gasteiger partial charge in [0.2, 0.25) is 0 Å². The molecule has 6 atom stereocenters. The molecule has 4 fully saturated rings. The Bertz CT molecular complexity index is 669. The molecule has 168 valence electrons. The van der Waals surface area contributed by atoms with Crippen LogP contribution in [0.5, 0.6) is 0 Å². The van der Waals surface area contributed by atoms with Crippen LogP contribution in [0.3, 0.4) is 0 Å². The molecule has 2 aliphatic heterocycles. The highest BCUT2D eigenvalue weighted by Crippen LogP contribution is 2.42. The first-order valence-electron chi connectivity index (χ1n) is 10.9. The summed E-state index contributed by atoms with van der Waals surface area (Å²) in [5.41, 5.74) is 0. The van der Waals surface area contributed by atoms with Gasteiger partial charge in [0.05, 0.1) is 19.3 Å². The van der Waals surface area contributed by atoms with Crippen LogP contribution in [-0.2, 0) is 23.9 Å². The molecule has 2 bridgehead atoms. The van der Waals surface area contributed by atoms with Crippen LogP contribution in [0.1, 0.15) is 44.9 Å². The van der Waals surface area contributed by atoms with Crippen molar-refractivity contribution in [2.45, 2.75) is 69.3 Å². The summed E-state index contributed by atoms with van der Waals surface area (Å²) in [5.74, 6) is -3.90. The van der Waals surface area contributed by atoms with Crippen LogP contribution in [0.15, 0.2) is 0 Å². The monoisotopic (exact) mass is 431 g/mol. The smallest absolute Gasteiger partial charge is 0.377 e. The van der Waals surface area contributed by atoms with Crippen LogP contribution >= 0.6 is 0 Å². The second-order valence-corrected chi connectivity index (χ2v) is 9.07. The Kier molecular flexibility index (Phi) is 6.33. The lowest BCUT2D eigenvalue weighted by molar-refractivity contribution is -0.171. The van der Waals surface area contributed by atoms with Gasteiger partial charge in [0.15, 0.2) is 17.3 Å². The molecule has 6 unspecified atom stereocenters. The molecule has 0 aromatic carbocycles. The van der Waals surface area contributed by atoms with Crippen LogP contribution in [-0.4, -0.2) is 61.5 Å². The number of carbonyl (C=O) groups is 3. The molecule has 2 heterocycles. The van der Waals surface area contributed by atoms with Crippen molar-refractivity contribution in [2.75, 3.05) is 19.8 Å². The summed E-state index contributed by atoms with van der Waals surface area (Å²) < 4.78 is 50.9. The zero-order valence-corrected chi connectivity index (χ0v) is 16.8. The van der Waals surface area contributed by atoms with E-state index in [1.165, 1.54) is 0 Å². The number of nitrogens with one attached hydrogen (secondary N) is 1. The van der Waals surface area contributed by atoms with E-state index in [4.69, 9.17) is 9.47 Å². The number of halogens is 3. The van der Waals surface area contributed by atoms with Crippen molar-refractivity contribution in [3.63, 3.8) is 0 Å². The van der Waals surface area contributed by atoms with Crippen LogP contribution in [0.25, 0.3) is 0 Å². The van der Waals surface area contributed by atoms with Gasteiger partial charge >= 0.3 is 6.18 Å². The van der Waals surface area contributed by atoms with Gasteiger partial charge in [-0.15, -0.1) is 0 Å². The second-order valence-electron chi connectivity index (χ2n) is 9.07. The molecule has 2 aliphatic carbocycles. The van der Waals surface area contributed by atoms with Crippen molar-refractivity contribution in [3.05, 3.63) is 0 Å². The van der Waals surface area contributed by atoms with E-state index in [1.54, 1.807) is 0 Å². The molecule has 1 N–H and O–H groups in total. The van der Waals surface area contributed by atoms with E-state index in [2.05, 4.69) is 5.32 Å². The fraction of sp³-hybridized carbons (Fsp3) is 0.857. The summed E-state index contributed by atoms with van der Waals surface area (Å²) in [7, 11) is 0. The fourth-order valence-corrected chi connectivity index (χ4v) is 5.47. The number of hydrogen-bond donors (Lipinski definition) is 1. The number of Topliss-reactive ketones (excluding diaryl/α,β-unsaturated/α-hetero) is 3. The largest absolute Gasteiger partial charge is 0.403 e. The minimum absolute atomic E-state index is 0.0175.